The predicted molar refractivity (Wildman–Crippen MR) is 97.6 cm³/mol. The lowest BCUT2D eigenvalue weighted by molar-refractivity contribution is 0.369. The van der Waals surface area contributed by atoms with Crippen molar-refractivity contribution in [1.29, 1.82) is 0 Å². The summed E-state index contributed by atoms with van der Waals surface area (Å²) in [5, 5.41) is 12.7. The van der Waals surface area contributed by atoms with Crippen molar-refractivity contribution in [3.63, 3.8) is 0 Å². The topological polar surface area (TPSA) is 87.1 Å². The zero-order valence-corrected chi connectivity index (χ0v) is 15.2. The number of rotatable bonds is 6. The lowest BCUT2D eigenvalue weighted by atomic mass is 10.1. The van der Waals surface area contributed by atoms with Crippen LogP contribution >= 0.6 is 11.6 Å². The van der Waals surface area contributed by atoms with Crippen molar-refractivity contribution in [2.75, 3.05) is 7.11 Å². The van der Waals surface area contributed by atoms with Crippen LogP contribution in [-0.4, -0.2) is 27.4 Å². The quantitative estimate of drug-likeness (QED) is 0.498. The monoisotopic (exact) mass is 382 g/mol. The van der Waals surface area contributed by atoms with Gasteiger partial charge in [-0.3, -0.25) is 0 Å². The van der Waals surface area contributed by atoms with Gasteiger partial charge in [0, 0.05) is 17.0 Å². The van der Waals surface area contributed by atoms with Gasteiger partial charge in [-0.05, 0) is 35.9 Å². The molecule has 0 aliphatic rings. The maximum atomic E-state index is 5.99. The number of hydrogen-bond acceptors (Lipinski definition) is 7. The summed E-state index contributed by atoms with van der Waals surface area (Å²) in [6.45, 7) is 0. The van der Waals surface area contributed by atoms with Crippen molar-refractivity contribution in [1.82, 2.24) is 20.3 Å². The van der Waals surface area contributed by atoms with E-state index in [1.54, 1.807) is 19.2 Å². The second-order valence-electron chi connectivity index (χ2n) is 5.82. The first kappa shape index (κ1) is 17.2. The van der Waals surface area contributed by atoms with E-state index in [1.165, 1.54) is 0 Å². The van der Waals surface area contributed by atoms with Gasteiger partial charge in [0.2, 0.25) is 17.7 Å². The van der Waals surface area contributed by atoms with Gasteiger partial charge in [0.1, 0.15) is 12.2 Å². The molecular formula is C19H15ClN4O3. The van der Waals surface area contributed by atoms with E-state index in [0.29, 0.717) is 34.9 Å². The van der Waals surface area contributed by atoms with Gasteiger partial charge in [0.15, 0.2) is 5.82 Å². The van der Waals surface area contributed by atoms with Crippen LogP contribution in [0.3, 0.4) is 0 Å². The smallest absolute Gasteiger partial charge is 0.247 e. The Balaban J connectivity index is 1.43. The molecule has 0 saturated carbocycles. The molecule has 4 rings (SSSR count). The third-order valence-corrected chi connectivity index (χ3v) is 4.11. The van der Waals surface area contributed by atoms with Gasteiger partial charge >= 0.3 is 0 Å². The Morgan fingerprint density at radius 1 is 1.00 bits per heavy atom. The molecule has 0 fully saturated rings. The molecule has 0 atom stereocenters. The lowest BCUT2D eigenvalue weighted by Gasteiger charge is -2.00. The first-order valence-electron chi connectivity index (χ1n) is 8.22. The summed E-state index contributed by atoms with van der Waals surface area (Å²) in [6, 6.07) is 14.9. The molecule has 0 bridgehead atoms. The van der Waals surface area contributed by atoms with E-state index in [9.17, 15) is 0 Å². The van der Waals surface area contributed by atoms with Crippen molar-refractivity contribution in [2.24, 2.45) is 0 Å². The fourth-order valence-corrected chi connectivity index (χ4v) is 2.74. The average Bonchev–Trinajstić information content (AvgIpc) is 3.32. The van der Waals surface area contributed by atoms with Crippen LogP contribution in [0, 0.1) is 0 Å². The van der Waals surface area contributed by atoms with Crippen molar-refractivity contribution >= 4 is 11.6 Å². The van der Waals surface area contributed by atoms with E-state index in [2.05, 4.69) is 20.3 Å². The summed E-state index contributed by atoms with van der Waals surface area (Å²) in [4.78, 5) is 4.38. The summed E-state index contributed by atoms with van der Waals surface area (Å²) in [6.07, 6.45) is 0.828. The highest BCUT2D eigenvalue weighted by atomic mass is 35.5. The maximum absolute atomic E-state index is 5.99. The molecule has 0 spiro atoms. The van der Waals surface area contributed by atoms with Gasteiger partial charge in [0.05, 0.1) is 7.11 Å². The average molecular weight is 383 g/mol. The molecule has 0 aliphatic heterocycles. The van der Waals surface area contributed by atoms with E-state index in [4.69, 9.17) is 25.3 Å². The molecule has 0 unspecified atom stereocenters. The third kappa shape index (κ3) is 4.15. The number of ether oxygens (including phenoxy) is 1. The first-order chi connectivity index (χ1) is 13.2. The number of nitrogens with zero attached hydrogens (tertiary/aromatic N) is 4. The number of benzene rings is 2. The van der Waals surface area contributed by atoms with E-state index >= 15 is 0 Å². The SMILES string of the molecule is COc1ccc(Cc2noc(Cc3nnc(-c4cccc(Cl)c4)o3)n2)cc1. The molecule has 2 aromatic carbocycles. The third-order valence-electron chi connectivity index (χ3n) is 3.87. The first-order valence-corrected chi connectivity index (χ1v) is 8.60. The Morgan fingerprint density at radius 3 is 2.63 bits per heavy atom. The molecule has 2 aromatic heterocycles. The summed E-state index contributed by atoms with van der Waals surface area (Å²) in [5.41, 5.74) is 1.82. The molecule has 4 aromatic rings. The highest BCUT2D eigenvalue weighted by molar-refractivity contribution is 6.30. The molecule has 7 nitrogen and oxygen atoms in total. The van der Waals surface area contributed by atoms with Crippen LogP contribution in [0.15, 0.2) is 57.5 Å². The number of halogens is 1. The Labute approximate surface area is 160 Å². The van der Waals surface area contributed by atoms with Gasteiger partial charge in [-0.1, -0.05) is 35.0 Å². The molecule has 8 heteroatoms. The van der Waals surface area contributed by atoms with Crippen LogP contribution in [0.5, 0.6) is 5.75 Å². The van der Waals surface area contributed by atoms with Gasteiger partial charge in [-0.25, -0.2) is 0 Å². The minimum atomic E-state index is 0.267. The molecule has 2 heterocycles. The Morgan fingerprint density at radius 2 is 1.85 bits per heavy atom. The molecular weight excluding hydrogens is 368 g/mol. The van der Waals surface area contributed by atoms with Crippen LogP contribution in [0.4, 0.5) is 0 Å². The zero-order chi connectivity index (χ0) is 18.6. The van der Waals surface area contributed by atoms with Gasteiger partial charge in [-0.2, -0.15) is 4.98 Å². The van der Waals surface area contributed by atoms with Crippen molar-refractivity contribution in [3.8, 4) is 17.2 Å². The van der Waals surface area contributed by atoms with Crippen molar-refractivity contribution < 1.29 is 13.7 Å². The molecule has 27 heavy (non-hydrogen) atoms. The largest absolute Gasteiger partial charge is 0.497 e. The normalized spacial score (nSPS) is 10.9. The molecule has 0 N–H and O–H groups in total. The van der Waals surface area contributed by atoms with Crippen molar-refractivity contribution in [2.45, 2.75) is 12.8 Å². The van der Waals surface area contributed by atoms with Gasteiger partial charge in [0.25, 0.3) is 0 Å². The van der Waals surface area contributed by atoms with Gasteiger partial charge < -0.3 is 13.7 Å². The summed E-state index contributed by atoms with van der Waals surface area (Å²) in [5.74, 6) is 2.60. The van der Waals surface area contributed by atoms with Crippen LogP contribution < -0.4 is 4.74 Å². The fraction of sp³-hybridized carbons (Fsp3) is 0.158. The Bertz CT molecular complexity index is 1040. The van der Waals surface area contributed by atoms with Crippen molar-refractivity contribution in [3.05, 3.63) is 76.7 Å². The second-order valence-corrected chi connectivity index (χ2v) is 6.25. The molecule has 0 radical (unpaired) electrons. The van der Waals surface area contributed by atoms with E-state index < -0.39 is 0 Å². The number of methoxy groups -OCH3 is 1. The molecule has 0 amide bonds. The van der Waals surface area contributed by atoms with Crippen LogP contribution in [0.1, 0.15) is 23.2 Å². The van der Waals surface area contributed by atoms with E-state index in [0.717, 1.165) is 16.9 Å². The van der Waals surface area contributed by atoms with E-state index in [-0.39, 0.29) is 6.42 Å². The molecule has 0 saturated heterocycles. The summed E-state index contributed by atoms with van der Waals surface area (Å²) < 4.78 is 16.1. The lowest BCUT2D eigenvalue weighted by Crippen LogP contribution is -1.93. The van der Waals surface area contributed by atoms with E-state index in [1.807, 2.05) is 36.4 Å². The molecule has 136 valence electrons. The maximum Gasteiger partial charge on any atom is 0.247 e. The van der Waals surface area contributed by atoms with Crippen LogP contribution in [-0.2, 0) is 12.8 Å². The standard InChI is InChI=1S/C19H15ClN4O3/c1-25-15-7-5-12(6-8-15)9-16-21-17(27-24-16)11-18-22-23-19(26-18)13-3-2-4-14(20)10-13/h2-8,10H,9,11H2,1H3. The summed E-state index contributed by atoms with van der Waals surface area (Å²) >= 11 is 5.99. The van der Waals surface area contributed by atoms with Gasteiger partial charge in [-0.15, -0.1) is 10.2 Å². The van der Waals surface area contributed by atoms with Crippen LogP contribution in [0.2, 0.25) is 5.02 Å². The second kappa shape index (κ2) is 7.59. The number of hydrogen-bond donors (Lipinski definition) is 0. The molecule has 0 aliphatic carbocycles. The number of aromatic nitrogens is 4. The Hall–Kier alpha value is -3.19. The Kier molecular flexibility index (Phi) is 4.84. The highest BCUT2D eigenvalue weighted by Crippen LogP contribution is 2.22. The zero-order valence-electron chi connectivity index (χ0n) is 14.4. The predicted octanol–water partition coefficient (Wildman–Crippen LogP) is 3.96. The fourth-order valence-electron chi connectivity index (χ4n) is 2.55. The van der Waals surface area contributed by atoms with Crippen LogP contribution in [0.25, 0.3) is 11.5 Å². The minimum absolute atomic E-state index is 0.267. The minimum Gasteiger partial charge on any atom is -0.497 e. The highest BCUT2D eigenvalue weighted by Gasteiger charge is 2.14. The summed E-state index contributed by atoms with van der Waals surface area (Å²) in [7, 11) is 1.63.